The third kappa shape index (κ3) is 2.41. The first-order valence-electron chi connectivity index (χ1n) is 5.97. The Hall–Kier alpha value is -1.34. The normalized spacial score (nSPS) is 12.5. The number of alkyl halides is 1. The van der Waals surface area contributed by atoms with E-state index in [1.54, 1.807) is 0 Å². The van der Waals surface area contributed by atoms with Crippen LogP contribution < -0.4 is 0 Å². The average Bonchev–Trinajstić information content (AvgIpc) is 2.27. The van der Waals surface area contributed by atoms with E-state index < -0.39 is 0 Å². The summed E-state index contributed by atoms with van der Waals surface area (Å²) >= 11 is 6.58. The van der Waals surface area contributed by atoms with Crippen LogP contribution in [0.25, 0.3) is 0 Å². The molecule has 0 N–H and O–H groups in total. The molecule has 1 unspecified atom stereocenters. The highest BCUT2D eigenvalue weighted by Gasteiger charge is 2.17. The SMILES string of the molecule is Cc1ccccc1C(Cl)c1c(C)cc(F)cc1C. The first-order chi connectivity index (χ1) is 8.50. The smallest absolute Gasteiger partial charge is 0.123 e. The molecule has 94 valence electrons. The molecule has 0 nitrogen and oxygen atoms in total. The van der Waals surface area contributed by atoms with Gasteiger partial charge in [-0.3, -0.25) is 0 Å². The molecule has 0 amide bonds. The van der Waals surface area contributed by atoms with Crippen LogP contribution in [0.15, 0.2) is 36.4 Å². The van der Waals surface area contributed by atoms with Crippen molar-refractivity contribution in [3.05, 3.63) is 70.0 Å². The fourth-order valence-electron chi connectivity index (χ4n) is 2.35. The molecule has 1 atom stereocenters. The molecule has 2 aromatic rings. The Labute approximate surface area is 112 Å². The molecule has 0 fully saturated rings. The van der Waals surface area contributed by atoms with Crippen molar-refractivity contribution in [3.8, 4) is 0 Å². The number of hydrogen-bond acceptors (Lipinski definition) is 0. The molecular formula is C16H16ClF. The molecule has 0 saturated heterocycles. The molecule has 0 saturated carbocycles. The Bertz CT molecular complexity index is 552. The summed E-state index contributed by atoms with van der Waals surface area (Å²) in [6, 6.07) is 11.1. The highest BCUT2D eigenvalue weighted by molar-refractivity contribution is 6.23. The van der Waals surface area contributed by atoms with E-state index in [1.807, 2.05) is 45.0 Å². The molecule has 0 heterocycles. The van der Waals surface area contributed by atoms with Crippen LogP contribution in [0.2, 0.25) is 0 Å². The van der Waals surface area contributed by atoms with Gasteiger partial charge in [-0.15, -0.1) is 11.6 Å². The van der Waals surface area contributed by atoms with E-state index in [4.69, 9.17) is 11.6 Å². The van der Waals surface area contributed by atoms with Crippen LogP contribution in [0.3, 0.4) is 0 Å². The summed E-state index contributed by atoms with van der Waals surface area (Å²) in [6.45, 7) is 5.84. The van der Waals surface area contributed by atoms with Gasteiger partial charge in [0.15, 0.2) is 0 Å². The van der Waals surface area contributed by atoms with Crippen LogP contribution in [-0.4, -0.2) is 0 Å². The first-order valence-corrected chi connectivity index (χ1v) is 6.40. The second kappa shape index (κ2) is 5.11. The van der Waals surface area contributed by atoms with Crippen LogP contribution in [0.1, 0.15) is 33.2 Å². The number of aryl methyl sites for hydroxylation is 3. The summed E-state index contributed by atoms with van der Waals surface area (Å²) in [4.78, 5) is 0. The van der Waals surface area contributed by atoms with Crippen molar-refractivity contribution < 1.29 is 4.39 Å². The predicted molar refractivity (Wildman–Crippen MR) is 74.7 cm³/mol. The van der Waals surface area contributed by atoms with Crippen LogP contribution in [0.5, 0.6) is 0 Å². The maximum atomic E-state index is 13.3. The molecule has 0 aliphatic rings. The molecule has 0 aliphatic heterocycles. The lowest BCUT2D eigenvalue weighted by molar-refractivity contribution is 0.624. The zero-order valence-corrected chi connectivity index (χ0v) is 11.6. The summed E-state index contributed by atoms with van der Waals surface area (Å²) < 4.78 is 13.3. The van der Waals surface area contributed by atoms with Crippen molar-refractivity contribution in [3.63, 3.8) is 0 Å². The first kappa shape index (κ1) is 13.1. The van der Waals surface area contributed by atoms with E-state index in [0.717, 1.165) is 27.8 Å². The van der Waals surface area contributed by atoms with Gasteiger partial charge in [-0.2, -0.15) is 0 Å². The molecule has 0 aromatic heterocycles. The van der Waals surface area contributed by atoms with E-state index in [0.29, 0.717) is 0 Å². The number of benzene rings is 2. The van der Waals surface area contributed by atoms with Crippen molar-refractivity contribution in [1.82, 2.24) is 0 Å². The highest BCUT2D eigenvalue weighted by atomic mass is 35.5. The molecule has 0 spiro atoms. The summed E-state index contributed by atoms with van der Waals surface area (Å²) in [6.07, 6.45) is 0. The van der Waals surface area contributed by atoms with Crippen LogP contribution in [0.4, 0.5) is 4.39 Å². The lowest BCUT2D eigenvalue weighted by atomic mass is 9.93. The van der Waals surface area contributed by atoms with Gasteiger partial charge in [0.2, 0.25) is 0 Å². The van der Waals surface area contributed by atoms with Crippen molar-refractivity contribution in [1.29, 1.82) is 0 Å². The molecule has 0 bridgehead atoms. The lowest BCUT2D eigenvalue weighted by Crippen LogP contribution is -2.02. The van der Waals surface area contributed by atoms with Crippen LogP contribution in [0, 0.1) is 26.6 Å². The van der Waals surface area contributed by atoms with Gasteiger partial charge in [-0.25, -0.2) is 4.39 Å². The molecular weight excluding hydrogens is 247 g/mol. The minimum Gasteiger partial charge on any atom is -0.207 e. The van der Waals surface area contributed by atoms with Crippen molar-refractivity contribution in [2.45, 2.75) is 26.1 Å². The standard InChI is InChI=1S/C16H16ClF/c1-10-6-4-5-7-14(10)16(17)15-11(2)8-13(18)9-12(15)3/h4-9,16H,1-3H3. The molecule has 2 heteroatoms. The van der Waals surface area contributed by atoms with Gasteiger partial charge in [-0.1, -0.05) is 24.3 Å². The number of hydrogen-bond donors (Lipinski definition) is 0. The summed E-state index contributed by atoms with van der Waals surface area (Å²) in [5.74, 6) is -0.206. The quantitative estimate of drug-likeness (QED) is 0.662. The molecule has 0 radical (unpaired) electrons. The minimum absolute atomic E-state index is 0.206. The maximum absolute atomic E-state index is 13.3. The van der Waals surface area contributed by atoms with Crippen molar-refractivity contribution in [2.75, 3.05) is 0 Å². The molecule has 2 rings (SSSR count). The topological polar surface area (TPSA) is 0 Å². The second-order valence-corrected chi connectivity index (χ2v) is 5.11. The Morgan fingerprint density at radius 1 is 0.944 bits per heavy atom. The van der Waals surface area contributed by atoms with Gasteiger partial charge in [0, 0.05) is 0 Å². The van der Waals surface area contributed by atoms with E-state index in [1.165, 1.54) is 12.1 Å². The van der Waals surface area contributed by atoms with Gasteiger partial charge in [0.1, 0.15) is 5.82 Å². The summed E-state index contributed by atoms with van der Waals surface area (Å²) in [7, 11) is 0. The minimum atomic E-state index is -0.230. The fourth-order valence-corrected chi connectivity index (χ4v) is 2.94. The second-order valence-electron chi connectivity index (χ2n) is 4.67. The molecule has 2 aromatic carbocycles. The Kier molecular flexibility index (Phi) is 3.72. The molecule has 0 aliphatic carbocycles. The fraction of sp³-hybridized carbons (Fsp3) is 0.250. The number of rotatable bonds is 2. The predicted octanol–water partition coefficient (Wildman–Crippen LogP) is 5.08. The van der Waals surface area contributed by atoms with E-state index in [2.05, 4.69) is 0 Å². The van der Waals surface area contributed by atoms with Gasteiger partial charge in [-0.05, 0) is 60.7 Å². The van der Waals surface area contributed by atoms with Gasteiger partial charge >= 0.3 is 0 Å². The Balaban J connectivity index is 2.53. The Morgan fingerprint density at radius 2 is 1.50 bits per heavy atom. The monoisotopic (exact) mass is 262 g/mol. The average molecular weight is 263 g/mol. The van der Waals surface area contributed by atoms with E-state index >= 15 is 0 Å². The van der Waals surface area contributed by atoms with Crippen molar-refractivity contribution in [2.24, 2.45) is 0 Å². The van der Waals surface area contributed by atoms with Crippen LogP contribution in [-0.2, 0) is 0 Å². The Morgan fingerprint density at radius 3 is 2.06 bits per heavy atom. The number of halogens is 2. The lowest BCUT2D eigenvalue weighted by Gasteiger charge is -2.18. The molecule has 18 heavy (non-hydrogen) atoms. The van der Waals surface area contributed by atoms with Gasteiger partial charge in [0.25, 0.3) is 0 Å². The van der Waals surface area contributed by atoms with Gasteiger partial charge < -0.3 is 0 Å². The zero-order valence-electron chi connectivity index (χ0n) is 10.8. The largest absolute Gasteiger partial charge is 0.207 e. The summed E-state index contributed by atoms with van der Waals surface area (Å²) in [5, 5.41) is -0.230. The van der Waals surface area contributed by atoms with Crippen molar-refractivity contribution >= 4 is 11.6 Å². The third-order valence-corrected chi connectivity index (χ3v) is 3.73. The van der Waals surface area contributed by atoms with Crippen LogP contribution >= 0.6 is 11.6 Å². The highest BCUT2D eigenvalue weighted by Crippen LogP contribution is 2.35. The van der Waals surface area contributed by atoms with Gasteiger partial charge in [0.05, 0.1) is 5.38 Å². The zero-order chi connectivity index (χ0) is 13.3. The maximum Gasteiger partial charge on any atom is 0.123 e. The van der Waals surface area contributed by atoms with E-state index in [-0.39, 0.29) is 11.2 Å². The third-order valence-electron chi connectivity index (χ3n) is 3.27. The van der Waals surface area contributed by atoms with E-state index in [9.17, 15) is 4.39 Å². The summed E-state index contributed by atoms with van der Waals surface area (Å²) in [5.41, 5.74) is 5.04.